The average molecular weight is 343 g/mol. The second-order valence-corrected chi connectivity index (χ2v) is 7.45. The third-order valence-electron chi connectivity index (χ3n) is 4.74. The molecule has 0 aliphatic heterocycles. The van der Waals surface area contributed by atoms with E-state index in [0.29, 0.717) is 0 Å². The Bertz CT molecular complexity index is 943. The van der Waals surface area contributed by atoms with Gasteiger partial charge < -0.3 is 4.18 Å². The summed E-state index contributed by atoms with van der Waals surface area (Å²) in [6.07, 6.45) is 3.79. The van der Waals surface area contributed by atoms with Gasteiger partial charge in [0, 0.05) is 0 Å². The summed E-state index contributed by atoms with van der Waals surface area (Å²) < 4.78 is 26.8. The molecule has 0 unspecified atom stereocenters. The topological polar surface area (TPSA) is 69.4 Å². The first-order chi connectivity index (χ1) is 11.2. The van der Waals surface area contributed by atoms with Crippen molar-refractivity contribution in [2.24, 2.45) is 5.14 Å². The molecule has 0 bridgehead atoms. The highest BCUT2D eigenvalue weighted by Gasteiger charge is 2.16. The van der Waals surface area contributed by atoms with E-state index in [9.17, 15) is 8.42 Å². The van der Waals surface area contributed by atoms with E-state index in [1.807, 2.05) is 6.07 Å². The van der Waals surface area contributed by atoms with Gasteiger partial charge in [-0.15, -0.1) is 0 Å². The monoisotopic (exact) mass is 343 g/mol. The Balaban J connectivity index is 1.91. The molecule has 5 heteroatoms. The van der Waals surface area contributed by atoms with E-state index in [2.05, 4.69) is 39.0 Å². The summed E-state index contributed by atoms with van der Waals surface area (Å²) in [4.78, 5) is 0. The Morgan fingerprint density at radius 2 is 1.75 bits per heavy atom. The zero-order valence-electron chi connectivity index (χ0n) is 14.1. The predicted octanol–water partition coefficient (Wildman–Crippen LogP) is 3.38. The van der Waals surface area contributed by atoms with E-state index in [4.69, 9.17) is 9.32 Å². The molecule has 2 aromatic carbocycles. The van der Waals surface area contributed by atoms with Crippen LogP contribution in [0.5, 0.6) is 5.75 Å². The quantitative estimate of drug-likeness (QED) is 0.929. The molecule has 0 fully saturated rings. The van der Waals surface area contributed by atoms with Crippen molar-refractivity contribution in [3.8, 4) is 5.75 Å². The summed E-state index contributed by atoms with van der Waals surface area (Å²) in [6.45, 7) is 6.45. The van der Waals surface area contributed by atoms with Gasteiger partial charge in [-0.1, -0.05) is 24.3 Å². The van der Waals surface area contributed by atoms with Gasteiger partial charge in [0.15, 0.2) is 0 Å². The fraction of sp³-hybridized carbons (Fsp3) is 0.263. The highest BCUT2D eigenvalue weighted by atomic mass is 32.2. The van der Waals surface area contributed by atoms with Crippen molar-refractivity contribution < 1.29 is 12.6 Å². The highest BCUT2D eigenvalue weighted by molar-refractivity contribution is 7.84. The summed E-state index contributed by atoms with van der Waals surface area (Å²) in [5.74, 6) is 0.260. The minimum atomic E-state index is -3.99. The fourth-order valence-corrected chi connectivity index (χ4v) is 3.54. The van der Waals surface area contributed by atoms with Crippen molar-refractivity contribution in [2.75, 3.05) is 0 Å². The average Bonchev–Trinajstić information content (AvgIpc) is 2.51. The van der Waals surface area contributed by atoms with Crippen LogP contribution in [0.3, 0.4) is 0 Å². The van der Waals surface area contributed by atoms with Crippen molar-refractivity contribution in [1.29, 1.82) is 0 Å². The highest BCUT2D eigenvalue weighted by Crippen LogP contribution is 2.32. The maximum Gasteiger partial charge on any atom is 0.380 e. The normalized spacial score (nSPS) is 14.1. The minimum absolute atomic E-state index is 0.260. The molecular weight excluding hydrogens is 322 g/mol. The van der Waals surface area contributed by atoms with E-state index in [0.717, 1.165) is 18.4 Å². The molecule has 0 heterocycles. The fourth-order valence-electron chi connectivity index (χ4n) is 3.17. The van der Waals surface area contributed by atoms with Gasteiger partial charge in [0.25, 0.3) is 0 Å². The van der Waals surface area contributed by atoms with E-state index in [1.54, 1.807) is 12.1 Å². The van der Waals surface area contributed by atoms with Crippen LogP contribution in [0, 0.1) is 20.8 Å². The molecule has 1 aliphatic carbocycles. The molecule has 0 saturated heterocycles. The zero-order chi connectivity index (χ0) is 17.5. The molecule has 24 heavy (non-hydrogen) atoms. The van der Waals surface area contributed by atoms with Gasteiger partial charge in [-0.25, -0.2) is 0 Å². The molecule has 3 rings (SSSR count). The van der Waals surface area contributed by atoms with Crippen molar-refractivity contribution in [3.05, 3.63) is 69.8 Å². The Morgan fingerprint density at radius 3 is 2.46 bits per heavy atom. The standard InChI is InChI=1S/C19H21NO3S/c1-12-4-9-19(14(3)13(12)2)17-6-5-16-11-18(23-24(20,21)22)8-7-15(16)10-17/h4,6-9,11H,5,10H2,1-3H3,(H2,20,21,22). The van der Waals surface area contributed by atoms with Gasteiger partial charge in [0.05, 0.1) is 0 Å². The summed E-state index contributed by atoms with van der Waals surface area (Å²) in [7, 11) is -3.99. The number of hydrogen-bond donors (Lipinski definition) is 1. The minimum Gasteiger partial charge on any atom is -0.371 e. The van der Waals surface area contributed by atoms with Crippen molar-refractivity contribution in [3.63, 3.8) is 0 Å². The van der Waals surface area contributed by atoms with Gasteiger partial charge >= 0.3 is 10.3 Å². The number of allylic oxidation sites excluding steroid dienone is 2. The summed E-state index contributed by atoms with van der Waals surface area (Å²) >= 11 is 0. The SMILES string of the molecule is Cc1ccc(C2=CCc3cc(OS(N)(=O)=O)ccc3C2)c(C)c1C. The Kier molecular flexibility index (Phi) is 4.24. The third-order valence-corrected chi connectivity index (χ3v) is 5.17. The molecule has 4 nitrogen and oxygen atoms in total. The number of hydrogen-bond acceptors (Lipinski definition) is 3. The third kappa shape index (κ3) is 3.37. The van der Waals surface area contributed by atoms with Gasteiger partial charge in [-0.3, -0.25) is 0 Å². The largest absolute Gasteiger partial charge is 0.380 e. The second kappa shape index (κ2) is 6.07. The van der Waals surface area contributed by atoms with Crippen LogP contribution in [-0.2, 0) is 23.1 Å². The number of aryl methyl sites for hydroxylation is 1. The first-order valence-electron chi connectivity index (χ1n) is 7.85. The number of rotatable bonds is 3. The van der Waals surface area contributed by atoms with Crippen molar-refractivity contribution >= 4 is 15.9 Å². The van der Waals surface area contributed by atoms with Crippen LogP contribution >= 0.6 is 0 Å². The number of fused-ring (bicyclic) bond motifs is 1. The lowest BCUT2D eigenvalue weighted by Crippen LogP contribution is -2.19. The summed E-state index contributed by atoms with van der Waals surface area (Å²) in [5.41, 5.74) is 8.80. The predicted molar refractivity (Wildman–Crippen MR) is 96.2 cm³/mol. The van der Waals surface area contributed by atoms with Crippen LogP contribution in [0.1, 0.15) is 33.4 Å². The van der Waals surface area contributed by atoms with Crippen LogP contribution in [0.2, 0.25) is 0 Å². The van der Waals surface area contributed by atoms with E-state index >= 15 is 0 Å². The maximum absolute atomic E-state index is 11.0. The Morgan fingerprint density at radius 1 is 1.00 bits per heavy atom. The van der Waals surface area contributed by atoms with Gasteiger partial charge in [-0.2, -0.15) is 13.6 Å². The molecular formula is C19H21NO3S. The Labute approximate surface area is 143 Å². The second-order valence-electron chi connectivity index (χ2n) is 6.30. The van der Waals surface area contributed by atoms with Crippen molar-refractivity contribution in [2.45, 2.75) is 33.6 Å². The lowest BCUT2D eigenvalue weighted by atomic mass is 9.85. The molecule has 0 radical (unpaired) electrons. The van der Waals surface area contributed by atoms with Crippen LogP contribution in [0.25, 0.3) is 5.57 Å². The van der Waals surface area contributed by atoms with Gasteiger partial charge in [0.2, 0.25) is 0 Å². The summed E-state index contributed by atoms with van der Waals surface area (Å²) in [6, 6.07) is 9.67. The van der Waals surface area contributed by atoms with Crippen LogP contribution in [0.15, 0.2) is 36.4 Å². The smallest absolute Gasteiger partial charge is 0.371 e. The van der Waals surface area contributed by atoms with Gasteiger partial charge in [-0.05, 0) is 84.7 Å². The zero-order valence-corrected chi connectivity index (χ0v) is 14.9. The van der Waals surface area contributed by atoms with Crippen LogP contribution < -0.4 is 9.32 Å². The molecule has 2 aromatic rings. The van der Waals surface area contributed by atoms with E-state index in [-0.39, 0.29) is 5.75 Å². The lowest BCUT2D eigenvalue weighted by molar-refractivity contribution is 0.487. The maximum atomic E-state index is 11.0. The van der Waals surface area contributed by atoms with Crippen LogP contribution in [-0.4, -0.2) is 8.42 Å². The summed E-state index contributed by atoms with van der Waals surface area (Å²) in [5, 5.41) is 4.92. The molecule has 1 aliphatic rings. The van der Waals surface area contributed by atoms with Crippen LogP contribution in [0.4, 0.5) is 0 Å². The molecule has 0 spiro atoms. The number of nitrogens with two attached hydrogens (primary N) is 1. The van der Waals surface area contributed by atoms with Crippen molar-refractivity contribution in [1.82, 2.24) is 0 Å². The van der Waals surface area contributed by atoms with E-state index < -0.39 is 10.3 Å². The first-order valence-corrected chi connectivity index (χ1v) is 9.32. The molecule has 0 saturated carbocycles. The lowest BCUT2D eigenvalue weighted by Gasteiger charge is -2.20. The molecule has 0 aromatic heterocycles. The Hall–Kier alpha value is -2.11. The first kappa shape index (κ1) is 16.7. The van der Waals surface area contributed by atoms with Gasteiger partial charge in [0.1, 0.15) is 5.75 Å². The molecule has 126 valence electrons. The molecule has 0 amide bonds. The molecule has 0 atom stereocenters. The number of benzene rings is 2. The molecule has 2 N–H and O–H groups in total. The van der Waals surface area contributed by atoms with E-state index in [1.165, 1.54) is 33.4 Å².